The molecule has 0 fully saturated rings. The Morgan fingerprint density at radius 3 is 2.31 bits per heavy atom. The van der Waals surface area contributed by atoms with E-state index in [1.807, 2.05) is 6.07 Å². The van der Waals surface area contributed by atoms with Crippen LogP contribution in [0.4, 0.5) is 10.2 Å². The largest absolute Gasteiger partial charge is 0.384 e. The predicted octanol–water partition coefficient (Wildman–Crippen LogP) is 2.99. The zero-order chi connectivity index (χ0) is 27.7. The van der Waals surface area contributed by atoms with Gasteiger partial charge in [0.05, 0.1) is 28.9 Å². The number of Topliss-reactive ketones (excluding diaryl/α,β-unsaturated/α-hetero) is 1. The summed E-state index contributed by atoms with van der Waals surface area (Å²) in [5, 5.41) is 0.523. The van der Waals surface area contributed by atoms with Gasteiger partial charge in [0.1, 0.15) is 17.2 Å². The molecule has 3 aromatic carbocycles. The lowest BCUT2D eigenvalue weighted by molar-refractivity contribution is 0.102. The van der Waals surface area contributed by atoms with Crippen LogP contribution >= 0.6 is 11.8 Å². The molecule has 5 aromatic rings. The smallest absolute Gasteiger partial charge is 0.332 e. The van der Waals surface area contributed by atoms with Crippen molar-refractivity contribution in [3.8, 4) is 5.69 Å². The van der Waals surface area contributed by atoms with Gasteiger partial charge in [-0.2, -0.15) is 0 Å². The van der Waals surface area contributed by atoms with Gasteiger partial charge < -0.3 is 5.73 Å². The summed E-state index contributed by atoms with van der Waals surface area (Å²) in [7, 11) is 1.28. The fourth-order valence-electron chi connectivity index (χ4n) is 4.19. The molecule has 39 heavy (non-hydrogen) atoms. The van der Waals surface area contributed by atoms with Crippen LogP contribution < -0.4 is 22.5 Å². The number of halogens is 1. The van der Waals surface area contributed by atoms with Crippen molar-refractivity contribution in [2.24, 2.45) is 7.05 Å². The van der Waals surface area contributed by atoms with Crippen molar-refractivity contribution in [3.63, 3.8) is 0 Å². The fraction of sp³-hybridized carbons (Fsp3) is 0.107. The van der Waals surface area contributed by atoms with Crippen molar-refractivity contribution in [1.82, 2.24) is 18.7 Å². The van der Waals surface area contributed by atoms with Crippen LogP contribution in [0.5, 0.6) is 0 Å². The number of nitrogens with zero attached hydrogens (tertiary/aromatic N) is 4. The number of hydrogen-bond donors (Lipinski definition) is 1. The zero-order valence-corrected chi connectivity index (χ0v) is 21.5. The Morgan fingerprint density at radius 1 is 0.923 bits per heavy atom. The molecule has 0 aliphatic heterocycles. The van der Waals surface area contributed by atoms with Crippen LogP contribution in [0.1, 0.15) is 15.9 Å². The number of rotatable bonds is 7. The maximum Gasteiger partial charge on any atom is 0.332 e. The van der Waals surface area contributed by atoms with Crippen LogP contribution in [0, 0.1) is 5.82 Å². The maximum atomic E-state index is 13.6. The van der Waals surface area contributed by atoms with Crippen molar-refractivity contribution in [2.75, 3.05) is 11.5 Å². The second kappa shape index (κ2) is 10.5. The molecular weight excluding hydrogens is 521 g/mol. The summed E-state index contributed by atoms with van der Waals surface area (Å²) >= 11 is 0.933. The third kappa shape index (κ3) is 4.91. The summed E-state index contributed by atoms with van der Waals surface area (Å²) in [4.78, 5) is 57.1. The number of carbonyl (C=O) groups excluding carboxylic acids is 1. The Balaban J connectivity index is 1.55. The van der Waals surface area contributed by atoms with Crippen LogP contribution in [-0.4, -0.2) is 30.2 Å². The average Bonchev–Trinajstić information content (AvgIpc) is 2.94. The molecule has 0 aliphatic rings. The quantitative estimate of drug-likeness (QED) is 0.190. The highest BCUT2D eigenvalue weighted by Crippen LogP contribution is 2.23. The van der Waals surface area contributed by atoms with Crippen LogP contribution in [0.15, 0.2) is 98.4 Å². The molecule has 0 radical (unpaired) electrons. The van der Waals surface area contributed by atoms with Crippen molar-refractivity contribution in [1.29, 1.82) is 0 Å². The first-order chi connectivity index (χ1) is 18.8. The number of anilines is 1. The number of hydrogen-bond acceptors (Lipinski definition) is 7. The summed E-state index contributed by atoms with van der Waals surface area (Å²) in [6.45, 7) is 0.0728. The minimum absolute atomic E-state index is 0.0728. The van der Waals surface area contributed by atoms with E-state index in [4.69, 9.17) is 5.73 Å². The number of thioether (sulfide) groups is 1. The Kier molecular flexibility index (Phi) is 6.99. The maximum absolute atomic E-state index is 13.6. The molecule has 11 heteroatoms. The van der Waals surface area contributed by atoms with Crippen LogP contribution in [0.3, 0.4) is 0 Å². The molecule has 0 saturated heterocycles. The monoisotopic (exact) mass is 543 g/mol. The number of aromatic nitrogens is 4. The molecule has 2 heterocycles. The average molecular weight is 544 g/mol. The highest BCUT2D eigenvalue weighted by atomic mass is 32.2. The topological polar surface area (TPSA) is 122 Å². The van der Waals surface area contributed by atoms with Gasteiger partial charge in [0.15, 0.2) is 10.9 Å². The number of nitrogens with two attached hydrogens (primary N) is 1. The van der Waals surface area contributed by atoms with Gasteiger partial charge in [-0.1, -0.05) is 54.2 Å². The van der Waals surface area contributed by atoms with E-state index in [1.165, 1.54) is 40.4 Å². The summed E-state index contributed by atoms with van der Waals surface area (Å²) in [5.41, 5.74) is 5.59. The van der Waals surface area contributed by atoms with Gasteiger partial charge in [-0.3, -0.25) is 28.1 Å². The Hall–Kier alpha value is -4.77. The summed E-state index contributed by atoms with van der Waals surface area (Å²) in [5.74, 6) is -1.63. The van der Waals surface area contributed by atoms with Gasteiger partial charge in [0.2, 0.25) is 0 Å². The molecule has 0 atom stereocenters. The number of ketones is 1. The summed E-state index contributed by atoms with van der Waals surface area (Å²) < 4.78 is 16.9. The lowest BCUT2D eigenvalue weighted by Crippen LogP contribution is -2.43. The van der Waals surface area contributed by atoms with E-state index in [0.29, 0.717) is 16.6 Å². The van der Waals surface area contributed by atoms with Gasteiger partial charge in [-0.25, -0.2) is 14.2 Å². The van der Waals surface area contributed by atoms with E-state index < -0.39 is 28.4 Å². The van der Waals surface area contributed by atoms with Crippen LogP contribution in [-0.2, 0) is 13.6 Å². The Labute approximate surface area is 225 Å². The van der Waals surface area contributed by atoms with E-state index in [-0.39, 0.29) is 28.8 Å². The van der Waals surface area contributed by atoms with Crippen LogP contribution in [0.2, 0.25) is 0 Å². The van der Waals surface area contributed by atoms with E-state index in [2.05, 4.69) is 4.98 Å². The van der Waals surface area contributed by atoms with Crippen molar-refractivity contribution < 1.29 is 9.18 Å². The molecule has 2 N–H and O–H groups in total. The first-order valence-corrected chi connectivity index (χ1v) is 12.8. The van der Waals surface area contributed by atoms with Gasteiger partial charge in [0.25, 0.3) is 11.1 Å². The molecule has 196 valence electrons. The molecule has 0 saturated carbocycles. The predicted molar refractivity (Wildman–Crippen MR) is 148 cm³/mol. The fourth-order valence-corrected chi connectivity index (χ4v) is 5.08. The Morgan fingerprint density at radius 2 is 1.59 bits per heavy atom. The van der Waals surface area contributed by atoms with Gasteiger partial charge >= 0.3 is 5.69 Å². The minimum Gasteiger partial charge on any atom is -0.384 e. The van der Waals surface area contributed by atoms with Crippen molar-refractivity contribution >= 4 is 34.3 Å². The minimum atomic E-state index is -0.810. The Bertz CT molecular complexity index is 1900. The molecule has 0 bridgehead atoms. The van der Waals surface area contributed by atoms with E-state index >= 15 is 0 Å². The van der Waals surface area contributed by atoms with E-state index in [1.54, 1.807) is 48.5 Å². The molecule has 0 unspecified atom stereocenters. The summed E-state index contributed by atoms with van der Waals surface area (Å²) in [6, 6.07) is 21.1. The molecule has 0 spiro atoms. The summed E-state index contributed by atoms with van der Waals surface area (Å²) in [6.07, 6.45) is 0. The van der Waals surface area contributed by atoms with E-state index in [9.17, 15) is 23.6 Å². The molecule has 5 rings (SSSR count). The van der Waals surface area contributed by atoms with Crippen molar-refractivity contribution in [2.45, 2.75) is 11.7 Å². The first-order valence-electron chi connectivity index (χ1n) is 11.8. The zero-order valence-electron chi connectivity index (χ0n) is 20.7. The molecule has 9 nitrogen and oxygen atoms in total. The standard InChI is InChI=1S/C28H22FN5O4S/c1-32-26(37)23(24(30)33(28(32)38)15-17-7-3-2-4-8-17)22(35)16-39-27-31-21-10-6-5-9-20(21)25(36)34(27)19-13-11-18(29)12-14-19/h2-14H,15-16,30H2,1H3. The SMILES string of the molecule is Cn1c(=O)c(C(=O)CSc2nc3ccccc3c(=O)n2-c2ccc(F)cc2)c(N)n(Cc2ccccc2)c1=O. The molecule has 0 amide bonds. The highest BCUT2D eigenvalue weighted by Gasteiger charge is 2.23. The molecule has 0 aliphatic carbocycles. The number of para-hydroxylation sites is 1. The second-order valence-electron chi connectivity index (χ2n) is 8.72. The highest BCUT2D eigenvalue weighted by molar-refractivity contribution is 7.99. The lowest BCUT2D eigenvalue weighted by Gasteiger charge is -2.15. The number of fused-ring (bicyclic) bond motifs is 1. The third-order valence-electron chi connectivity index (χ3n) is 6.21. The molecular formula is C28H22FN5O4S. The van der Waals surface area contributed by atoms with E-state index in [0.717, 1.165) is 21.9 Å². The van der Waals surface area contributed by atoms with Gasteiger partial charge in [-0.15, -0.1) is 0 Å². The van der Waals surface area contributed by atoms with Gasteiger partial charge in [-0.05, 0) is 42.0 Å². The normalized spacial score (nSPS) is 11.1. The van der Waals surface area contributed by atoms with Crippen LogP contribution in [0.25, 0.3) is 16.6 Å². The lowest BCUT2D eigenvalue weighted by atomic mass is 10.2. The van der Waals surface area contributed by atoms with Gasteiger partial charge in [0, 0.05) is 7.05 Å². The number of nitrogen functional groups attached to an aromatic ring is 1. The third-order valence-corrected chi connectivity index (χ3v) is 7.15. The number of carbonyl (C=O) groups is 1. The second-order valence-corrected chi connectivity index (χ2v) is 9.66. The number of benzene rings is 3. The molecule has 2 aromatic heterocycles. The van der Waals surface area contributed by atoms with Crippen molar-refractivity contribution in [3.05, 3.63) is 127 Å². The first kappa shape index (κ1) is 25.9.